The number of nitrogens with two attached hydrogens (primary N) is 1. The Bertz CT molecular complexity index is 176. The summed E-state index contributed by atoms with van der Waals surface area (Å²) in [5, 5.41) is 14.6. The number of nitrogens with one attached hydrogen (secondary N) is 1. The molecular weight excluding hydrogens is 178 g/mol. The Kier molecular flexibility index (Phi) is 5.37. The van der Waals surface area contributed by atoms with Gasteiger partial charge < -0.3 is 16.3 Å². The molecule has 82 valence electrons. The van der Waals surface area contributed by atoms with E-state index in [0.717, 1.165) is 19.0 Å². The van der Waals surface area contributed by atoms with Gasteiger partial charge in [-0.05, 0) is 25.3 Å². The minimum absolute atomic E-state index is 0.307. The lowest BCUT2D eigenvalue weighted by Crippen LogP contribution is -2.28. The summed E-state index contributed by atoms with van der Waals surface area (Å²) in [5.74, 6) is 1.15. The quantitative estimate of drug-likeness (QED) is 0.205. The van der Waals surface area contributed by atoms with E-state index in [1.807, 2.05) is 0 Å². The molecule has 14 heavy (non-hydrogen) atoms. The van der Waals surface area contributed by atoms with Crippen LogP contribution in [-0.2, 0) is 0 Å². The maximum Gasteiger partial charge on any atom is 0.140 e. The molecule has 0 amide bonds. The molecule has 4 N–H and O–H groups in total. The first kappa shape index (κ1) is 11.3. The van der Waals surface area contributed by atoms with Gasteiger partial charge in [-0.2, -0.15) is 0 Å². The van der Waals surface area contributed by atoms with Gasteiger partial charge in [-0.1, -0.05) is 24.4 Å². The second-order valence-electron chi connectivity index (χ2n) is 4.05. The Balaban J connectivity index is 1.97. The van der Waals surface area contributed by atoms with Crippen LogP contribution in [0.3, 0.4) is 0 Å². The van der Waals surface area contributed by atoms with Gasteiger partial charge in [0, 0.05) is 13.0 Å². The van der Waals surface area contributed by atoms with E-state index in [0.29, 0.717) is 12.3 Å². The number of rotatable bonds is 5. The molecule has 1 saturated carbocycles. The van der Waals surface area contributed by atoms with Crippen LogP contribution >= 0.6 is 0 Å². The lowest BCUT2D eigenvalue weighted by atomic mass is 9.89. The van der Waals surface area contributed by atoms with E-state index >= 15 is 0 Å². The lowest BCUT2D eigenvalue weighted by Gasteiger charge is -2.21. The van der Waals surface area contributed by atoms with E-state index in [2.05, 4.69) is 10.5 Å². The molecule has 0 aromatic carbocycles. The SMILES string of the molecule is NC(CCNCC1CCCCC1)=NO. The van der Waals surface area contributed by atoms with Crippen molar-refractivity contribution in [1.82, 2.24) is 5.32 Å². The van der Waals surface area contributed by atoms with Crippen LogP contribution in [0.25, 0.3) is 0 Å². The molecule has 1 aliphatic rings. The number of oxime groups is 1. The zero-order valence-electron chi connectivity index (χ0n) is 8.71. The second kappa shape index (κ2) is 6.65. The summed E-state index contributed by atoms with van der Waals surface area (Å²) in [5.41, 5.74) is 5.35. The number of amidine groups is 1. The molecule has 4 heteroatoms. The minimum Gasteiger partial charge on any atom is -0.409 e. The predicted octanol–water partition coefficient (Wildman–Crippen LogP) is 1.29. The summed E-state index contributed by atoms with van der Waals surface area (Å²) in [6.45, 7) is 1.89. The van der Waals surface area contributed by atoms with Crippen molar-refractivity contribution in [1.29, 1.82) is 0 Å². The fourth-order valence-electron chi connectivity index (χ4n) is 1.96. The van der Waals surface area contributed by atoms with Gasteiger partial charge >= 0.3 is 0 Å². The second-order valence-corrected chi connectivity index (χ2v) is 4.05. The largest absolute Gasteiger partial charge is 0.409 e. The average molecular weight is 199 g/mol. The molecule has 0 saturated heterocycles. The molecule has 0 unspecified atom stereocenters. The molecular formula is C10H21N3O. The molecule has 0 bridgehead atoms. The maximum absolute atomic E-state index is 8.32. The highest BCUT2D eigenvalue weighted by molar-refractivity contribution is 5.79. The highest BCUT2D eigenvalue weighted by Gasteiger charge is 2.12. The Labute approximate surface area is 85.6 Å². The van der Waals surface area contributed by atoms with Gasteiger partial charge in [0.1, 0.15) is 5.84 Å². The fourth-order valence-corrected chi connectivity index (χ4v) is 1.96. The van der Waals surface area contributed by atoms with Crippen LogP contribution in [0.1, 0.15) is 38.5 Å². The van der Waals surface area contributed by atoms with E-state index < -0.39 is 0 Å². The van der Waals surface area contributed by atoms with Crippen LogP contribution in [0.15, 0.2) is 5.16 Å². The fraction of sp³-hybridized carbons (Fsp3) is 0.900. The van der Waals surface area contributed by atoms with Crippen molar-refractivity contribution in [2.24, 2.45) is 16.8 Å². The smallest absolute Gasteiger partial charge is 0.140 e. The highest BCUT2D eigenvalue weighted by atomic mass is 16.4. The first-order chi connectivity index (χ1) is 6.83. The van der Waals surface area contributed by atoms with Crippen molar-refractivity contribution in [2.75, 3.05) is 13.1 Å². The summed E-state index contributed by atoms with van der Waals surface area (Å²) in [6.07, 6.45) is 7.51. The number of hydrogen-bond donors (Lipinski definition) is 3. The van der Waals surface area contributed by atoms with Gasteiger partial charge in [-0.3, -0.25) is 0 Å². The molecule has 0 aliphatic heterocycles. The van der Waals surface area contributed by atoms with Gasteiger partial charge in [0.25, 0.3) is 0 Å². The zero-order valence-corrected chi connectivity index (χ0v) is 8.71. The Morgan fingerprint density at radius 1 is 1.36 bits per heavy atom. The number of hydrogen-bond acceptors (Lipinski definition) is 3. The van der Waals surface area contributed by atoms with Gasteiger partial charge in [-0.25, -0.2) is 0 Å². The van der Waals surface area contributed by atoms with Crippen LogP contribution in [0, 0.1) is 5.92 Å². The monoisotopic (exact) mass is 199 g/mol. The van der Waals surface area contributed by atoms with Crippen molar-refractivity contribution in [3.05, 3.63) is 0 Å². The molecule has 0 aromatic heterocycles. The third-order valence-electron chi connectivity index (χ3n) is 2.84. The van der Waals surface area contributed by atoms with E-state index in [4.69, 9.17) is 10.9 Å². The Hall–Kier alpha value is -0.770. The molecule has 0 heterocycles. The third-order valence-corrected chi connectivity index (χ3v) is 2.84. The summed E-state index contributed by atoms with van der Waals surface area (Å²) in [6, 6.07) is 0. The van der Waals surface area contributed by atoms with Gasteiger partial charge in [0.05, 0.1) is 0 Å². The van der Waals surface area contributed by atoms with Crippen LogP contribution in [0.4, 0.5) is 0 Å². The molecule has 4 nitrogen and oxygen atoms in total. The first-order valence-corrected chi connectivity index (χ1v) is 5.50. The Morgan fingerprint density at radius 3 is 2.71 bits per heavy atom. The van der Waals surface area contributed by atoms with Crippen LogP contribution in [0.5, 0.6) is 0 Å². The minimum atomic E-state index is 0.307. The van der Waals surface area contributed by atoms with Crippen LogP contribution in [-0.4, -0.2) is 24.1 Å². The van der Waals surface area contributed by atoms with Crippen molar-refractivity contribution >= 4 is 5.84 Å². The predicted molar refractivity (Wildman–Crippen MR) is 57.5 cm³/mol. The molecule has 1 rings (SSSR count). The van der Waals surface area contributed by atoms with Crippen LogP contribution in [0.2, 0.25) is 0 Å². The van der Waals surface area contributed by atoms with Gasteiger partial charge in [0.2, 0.25) is 0 Å². The lowest BCUT2D eigenvalue weighted by molar-refractivity contribution is 0.316. The summed E-state index contributed by atoms with van der Waals surface area (Å²) >= 11 is 0. The molecule has 1 aliphatic carbocycles. The van der Waals surface area contributed by atoms with Crippen molar-refractivity contribution < 1.29 is 5.21 Å². The van der Waals surface area contributed by atoms with E-state index in [-0.39, 0.29) is 0 Å². The van der Waals surface area contributed by atoms with E-state index in [1.165, 1.54) is 32.1 Å². The van der Waals surface area contributed by atoms with Crippen LogP contribution < -0.4 is 11.1 Å². The highest BCUT2D eigenvalue weighted by Crippen LogP contribution is 2.22. The van der Waals surface area contributed by atoms with E-state index in [1.54, 1.807) is 0 Å². The summed E-state index contributed by atoms with van der Waals surface area (Å²) < 4.78 is 0. The standard InChI is InChI=1S/C10H21N3O/c11-10(13-14)6-7-12-8-9-4-2-1-3-5-9/h9,12,14H,1-8H2,(H2,11,13). The Morgan fingerprint density at radius 2 is 2.07 bits per heavy atom. The molecule has 0 radical (unpaired) electrons. The molecule has 0 aromatic rings. The third kappa shape index (κ3) is 4.46. The van der Waals surface area contributed by atoms with Gasteiger partial charge in [-0.15, -0.1) is 0 Å². The van der Waals surface area contributed by atoms with Crippen molar-refractivity contribution in [3.8, 4) is 0 Å². The summed E-state index contributed by atoms with van der Waals surface area (Å²) in [7, 11) is 0. The first-order valence-electron chi connectivity index (χ1n) is 5.50. The number of nitrogens with zero attached hydrogens (tertiary/aromatic N) is 1. The normalized spacial score (nSPS) is 19.9. The topological polar surface area (TPSA) is 70.6 Å². The molecule has 0 spiro atoms. The summed E-state index contributed by atoms with van der Waals surface area (Å²) in [4.78, 5) is 0. The zero-order chi connectivity index (χ0) is 10.2. The maximum atomic E-state index is 8.32. The van der Waals surface area contributed by atoms with Crippen molar-refractivity contribution in [2.45, 2.75) is 38.5 Å². The molecule has 0 atom stereocenters. The van der Waals surface area contributed by atoms with E-state index in [9.17, 15) is 0 Å². The molecule has 1 fully saturated rings. The van der Waals surface area contributed by atoms with Crippen molar-refractivity contribution in [3.63, 3.8) is 0 Å². The van der Waals surface area contributed by atoms with Gasteiger partial charge in [0.15, 0.2) is 0 Å². The average Bonchev–Trinajstić information content (AvgIpc) is 2.25.